The first-order chi connectivity index (χ1) is 12.7. The van der Waals surface area contributed by atoms with Gasteiger partial charge in [-0.05, 0) is 25.7 Å². The van der Waals surface area contributed by atoms with E-state index >= 15 is 0 Å². The third kappa shape index (κ3) is 28.1. The summed E-state index contributed by atoms with van der Waals surface area (Å²) in [6.07, 6.45) is 10.6. The van der Waals surface area contributed by atoms with Crippen molar-refractivity contribution >= 4 is 7.81 Å². The summed E-state index contributed by atoms with van der Waals surface area (Å²) >= 11 is 0. The molecule has 3 nitrogen and oxygen atoms in total. The van der Waals surface area contributed by atoms with Crippen LogP contribution >= 0.6 is 7.81 Å². The number of quaternary nitrogens is 1. The molecule has 1 N–H and O–H groups in total. The van der Waals surface area contributed by atoms with E-state index in [4.69, 9.17) is 9.84 Å². The summed E-state index contributed by atoms with van der Waals surface area (Å²) in [5.41, 5.74) is 0. The SMILES string of the molecule is CCCCCC[N+](CCCC)(CCCC)CCOCCO.F[P-](F)(F)(F)(F)F. The van der Waals surface area contributed by atoms with Gasteiger partial charge in [0.25, 0.3) is 0 Å². The Hall–Kier alpha value is -0.110. The van der Waals surface area contributed by atoms with Crippen LogP contribution in [-0.4, -0.2) is 55.6 Å². The molecular weight excluding hydrogens is 407 g/mol. The zero-order valence-electron chi connectivity index (χ0n) is 17.6. The van der Waals surface area contributed by atoms with Gasteiger partial charge in [-0.25, -0.2) is 0 Å². The molecule has 0 radical (unpaired) electrons. The summed E-state index contributed by atoms with van der Waals surface area (Å²) in [6.45, 7) is 13.3. The fraction of sp³-hybridized carbons (Fsp3) is 1.00. The number of ether oxygens (including phenoxy) is 1. The molecule has 0 saturated heterocycles. The number of aliphatic hydroxyl groups is 1. The van der Waals surface area contributed by atoms with E-state index in [2.05, 4.69) is 20.8 Å². The van der Waals surface area contributed by atoms with Crippen LogP contribution in [0.1, 0.15) is 72.1 Å². The van der Waals surface area contributed by atoms with E-state index < -0.39 is 7.81 Å². The number of halogens is 6. The maximum atomic E-state index is 9.87. The fourth-order valence-electron chi connectivity index (χ4n) is 2.96. The van der Waals surface area contributed by atoms with Crippen molar-refractivity contribution in [2.75, 3.05) is 46.0 Å². The predicted octanol–water partition coefficient (Wildman–Crippen LogP) is 7.38. The molecule has 0 saturated carbocycles. The van der Waals surface area contributed by atoms with E-state index in [1.54, 1.807) is 0 Å². The van der Waals surface area contributed by atoms with Gasteiger partial charge in [0.1, 0.15) is 6.54 Å². The molecule has 0 fully saturated rings. The van der Waals surface area contributed by atoms with Crippen LogP contribution in [0.2, 0.25) is 0 Å². The van der Waals surface area contributed by atoms with E-state index in [1.807, 2.05) is 0 Å². The monoisotopic (exact) mass is 447 g/mol. The Balaban J connectivity index is 0. The Labute approximate surface area is 166 Å². The molecule has 0 unspecified atom stereocenters. The molecule has 0 rings (SSSR count). The van der Waals surface area contributed by atoms with Gasteiger partial charge in [-0.2, -0.15) is 0 Å². The summed E-state index contributed by atoms with van der Waals surface area (Å²) in [7, 11) is -10.7. The molecule has 0 spiro atoms. The second kappa shape index (κ2) is 13.2. The summed E-state index contributed by atoms with van der Waals surface area (Å²) in [5.74, 6) is 0. The van der Waals surface area contributed by atoms with Gasteiger partial charge in [-0.3, -0.25) is 0 Å². The van der Waals surface area contributed by atoms with Crippen LogP contribution < -0.4 is 0 Å². The zero-order valence-corrected chi connectivity index (χ0v) is 18.5. The molecule has 0 aliphatic rings. The van der Waals surface area contributed by atoms with Crippen molar-refractivity contribution in [2.45, 2.75) is 72.1 Å². The molecule has 176 valence electrons. The first-order valence-corrected chi connectivity index (χ1v) is 12.3. The molecule has 0 amide bonds. The van der Waals surface area contributed by atoms with E-state index in [0.29, 0.717) is 6.61 Å². The minimum atomic E-state index is -10.7. The average Bonchev–Trinajstić information content (AvgIpc) is 2.56. The van der Waals surface area contributed by atoms with Crippen molar-refractivity contribution in [3.05, 3.63) is 0 Å². The molecule has 0 aromatic carbocycles. The topological polar surface area (TPSA) is 29.5 Å². The van der Waals surface area contributed by atoms with Gasteiger partial charge in [0, 0.05) is 0 Å². The number of aliphatic hydroxyl groups excluding tert-OH is 1. The van der Waals surface area contributed by atoms with Crippen LogP contribution in [0.5, 0.6) is 0 Å². The molecule has 0 bridgehead atoms. The van der Waals surface area contributed by atoms with Crippen LogP contribution in [0.3, 0.4) is 0 Å². The first kappa shape index (κ1) is 30.1. The van der Waals surface area contributed by atoms with Crippen molar-refractivity contribution in [1.29, 1.82) is 0 Å². The molecule has 0 atom stereocenters. The second-order valence-electron chi connectivity index (χ2n) is 7.30. The van der Waals surface area contributed by atoms with Gasteiger partial charge in [0.15, 0.2) is 0 Å². The first-order valence-electron chi connectivity index (χ1n) is 10.3. The van der Waals surface area contributed by atoms with Crippen LogP contribution in [0.15, 0.2) is 0 Å². The van der Waals surface area contributed by atoms with Gasteiger partial charge >= 0.3 is 33.0 Å². The minimum absolute atomic E-state index is 0.139. The fourth-order valence-corrected chi connectivity index (χ4v) is 2.96. The summed E-state index contributed by atoms with van der Waals surface area (Å²) in [6, 6.07) is 0. The number of unbranched alkanes of at least 4 members (excludes halogenated alkanes) is 5. The average molecular weight is 447 g/mol. The van der Waals surface area contributed by atoms with Crippen LogP contribution in [0.4, 0.5) is 25.2 Å². The summed E-state index contributed by atoms with van der Waals surface area (Å²) < 4.78 is 66.0. The van der Waals surface area contributed by atoms with E-state index in [-0.39, 0.29) is 6.61 Å². The molecule has 28 heavy (non-hydrogen) atoms. The summed E-state index contributed by atoms with van der Waals surface area (Å²) in [4.78, 5) is 0. The standard InChI is InChI=1S/C18H40NO2.F6P/c1-4-7-10-11-14-19(12-8-5-2,13-9-6-3)15-17-21-18-16-20;1-7(2,3,4,5)6/h20H,4-18H2,1-3H3;/q+1;-1. The van der Waals surface area contributed by atoms with E-state index in [1.165, 1.54) is 75.5 Å². The van der Waals surface area contributed by atoms with Gasteiger partial charge < -0.3 is 14.3 Å². The third-order valence-corrected chi connectivity index (χ3v) is 4.40. The van der Waals surface area contributed by atoms with Crippen molar-refractivity contribution in [3.63, 3.8) is 0 Å². The van der Waals surface area contributed by atoms with Crippen LogP contribution in [0.25, 0.3) is 0 Å². The molecule has 0 heterocycles. The Morgan fingerprint density at radius 3 is 1.46 bits per heavy atom. The van der Waals surface area contributed by atoms with Crippen LogP contribution in [0, 0.1) is 0 Å². The molecule has 0 aromatic heterocycles. The maximum absolute atomic E-state index is 10.7. The number of hydrogen-bond acceptors (Lipinski definition) is 2. The Morgan fingerprint density at radius 2 is 1.07 bits per heavy atom. The Morgan fingerprint density at radius 1 is 0.643 bits per heavy atom. The molecule has 0 aliphatic carbocycles. The number of hydrogen-bond donors (Lipinski definition) is 1. The van der Waals surface area contributed by atoms with Crippen molar-refractivity contribution in [3.8, 4) is 0 Å². The normalized spacial score (nSPS) is 14.8. The van der Waals surface area contributed by atoms with Gasteiger partial charge in [-0.1, -0.05) is 46.5 Å². The van der Waals surface area contributed by atoms with Crippen molar-refractivity contribution < 1.29 is 39.5 Å². The van der Waals surface area contributed by atoms with Gasteiger partial charge in [0.2, 0.25) is 0 Å². The predicted molar refractivity (Wildman–Crippen MR) is 105 cm³/mol. The summed E-state index contributed by atoms with van der Waals surface area (Å²) in [5, 5.41) is 8.85. The number of nitrogens with zero attached hydrogens (tertiary/aromatic N) is 1. The quantitative estimate of drug-likeness (QED) is 0.116. The molecule has 0 aromatic rings. The van der Waals surface area contributed by atoms with Gasteiger partial charge in [-0.15, -0.1) is 0 Å². The molecule has 0 aliphatic heterocycles. The zero-order chi connectivity index (χ0) is 22.2. The van der Waals surface area contributed by atoms with Gasteiger partial charge in [0.05, 0.1) is 39.5 Å². The Kier molecular flexibility index (Phi) is 14.2. The van der Waals surface area contributed by atoms with Crippen molar-refractivity contribution in [1.82, 2.24) is 0 Å². The Bertz CT molecular complexity index is 345. The molecule has 10 heteroatoms. The molecular formula is C18H40F6NO2P. The van der Waals surface area contributed by atoms with E-state index in [0.717, 1.165) is 13.2 Å². The van der Waals surface area contributed by atoms with Crippen molar-refractivity contribution in [2.24, 2.45) is 0 Å². The second-order valence-corrected chi connectivity index (χ2v) is 9.21. The van der Waals surface area contributed by atoms with E-state index in [9.17, 15) is 25.2 Å². The number of rotatable bonds is 16. The van der Waals surface area contributed by atoms with Crippen LogP contribution in [-0.2, 0) is 4.74 Å². The third-order valence-electron chi connectivity index (χ3n) is 4.40.